The number of benzene rings is 3. The predicted molar refractivity (Wildman–Crippen MR) is 145 cm³/mol. The number of hydrogen-bond acceptors (Lipinski definition) is 4. The fourth-order valence-electron chi connectivity index (χ4n) is 4.45. The van der Waals surface area contributed by atoms with Crippen LogP contribution in [0, 0.1) is 19.8 Å². The number of methoxy groups -OCH3 is 1. The van der Waals surface area contributed by atoms with Crippen molar-refractivity contribution in [1.82, 2.24) is 5.32 Å². The number of rotatable bonds is 12. The standard InChI is InChI=1S/C31H37NO5/c1-20(2)15-28(26-16-22(4)29(36-5)17-21(26)3)32-31(35)27-18-23(11-12-24(27)13-14-30(33)34)19-37-25-9-7-6-8-10-25/h6-12,16-18,20,28H,13-15,19H2,1-5H3,(H,32,35)(H,33,34). The lowest BCUT2D eigenvalue weighted by Crippen LogP contribution is -2.31. The molecule has 0 saturated heterocycles. The second-order valence-electron chi connectivity index (χ2n) is 9.82. The molecule has 0 heterocycles. The zero-order chi connectivity index (χ0) is 26.9. The Morgan fingerprint density at radius 3 is 2.35 bits per heavy atom. The number of carboxylic acid groups (broad SMARTS) is 1. The van der Waals surface area contributed by atoms with E-state index >= 15 is 0 Å². The average molecular weight is 504 g/mol. The Morgan fingerprint density at radius 1 is 0.973 bits per heavy atom. The van der Waals surface area contributed by atoms with E-state index in [1.54, 1.807) is 7.11 Å². The SMILES string of the molecule is COc1cc(C)c(C(CC(C)C)NC(=O)c2cc(COc3ccccc3)ccc2CCC(=O)O)cc1C. The second-order valence-corrected chi connectivity index (χ2v) is 9.82. The topological polar surface area (TPSA) is 84.9 Å². The van der Waals surface area contributed by atoms with Crippen molar-refractivity contribution in [3.05, 3.63) is 94.0 Å². The maximum Gasteiger partial charge on any atom is 0.303 e. The minimum Gasteiger partial charge on any atom is -0.496 e. The van der Waals surface area contributed by atoms with Crippen LogP contribution in [0.2, 0.25) is 0 Å². The van der Waals surface area contributed by atoms with Gasteiger partial charge < -0.3 is 19.9 Å². The number of para-hydroxylation sites is 1. The third-order valence-electron chi connectivity index (χ3n) is 6.35. The van der Waals surface area contributed by atoms with Gasteiger partial charge in [0.05, 0.1) is 13.2 Å². The molecule has 0 aliphatic heterocycles. The van der Waals surface area contributed by atoms with Crippen molar-refractivity contribution in [3.8, 4) is 11.5 Å². The summed E-state index contributed by atoms with van der Waals surface area (Å²) in [6.07, 6.45) is 0.986. The molecule has 2 N–H and O–H groups in total. The largest absolute Gasteiger partial charge is 0.496 e. The molecule has 1 amide bonds. The fraction of sp³-hybridized carbons (Fsp3) is 0.355. The Morgan fingerprint density at radius 2 is 1.70 bits per heavy atom. The van der Waals surface area contributed by atoms with Crippen molar-refractivity contribution in [1.29, 1.82) is 0 Å². The van der Waals surface area contributed by atoms with Gasteiger partial charge in [0.1, 0.15) is 18.1 Å². The first-order valence-corrected chi connectivity index (χ1v) is 12.6. The lowest BCUT2D eigenvalue weighted by molar-refractivity contribution is -0.136. The normalized spacial score (nSPS) is 11.7. The molecule has 0 saturated carbocycles. The molecule has 0 bridgehead atoms. The van der Waals surface area contributed by atoms with Gasteiger partial charge in [-0.15, -0.1) is 0 Å². The number of ether oxygens (including phenoxy) is 2. The highest BCUT2D eigenvalue weighted by molar-refractivity contribution is 5.96. The first-order chi connectivity index (χ1) is 17.7. The monoisotopic (exact) mass is 503 g/mol. The van der Waals surface area contributed by atoms with E-state index in [4.69, 9.17) is 9.47 Å². The van der Waals surface area contributed by atoms with Crippen LogP contribution in [0.3, 0.4) is 0 Å². The van der Waals surface area contributed by atoms with Crippen molar-refractivity contribution in [2.75, 3.05) is 7.11 Å². The number of carbonyl (C=O) groups excluding carboxylic acids is 1. The molecule has 0 aromatic heterocycles. The van der Waals surface area contributed by atoms with E-state index in [2.05, 4.69) is 25.2 Å². The number of hydrogen-bond donors (Lipinski definition) is 2. The van der Waals surface area contributed by atoms with E-state index in [1.807, 2.05) is 68.4 Å². The summed E-state index contributed by atoms with van der Waals surface area (Å²) in [6.45, 7) is 8.58. The van der Waals surface area contributed by atoms with Crippen LogP contribution in [0.4, 0.5) is 0 Å². The quantitative estimate of drug-likeness (QED) is 0.298. The minimum atomic E-state index is -0.898. The van der Waals surface area contributed by atoms with Gasteiger partial charge in [-0.25, -0.2) is 0 Å². The van der Waals surface area contributed by atoms with Gasteiger partial charge in [-0.2, -0.15) is 0 Å². The maximum absolute atomic E-state index is 13.7. The summed E-state index contributed by atoms with van der Waals surface area (Å²) in [5, 5.41) is 12.5. The second kappa shape index (κ2) is 12.9. The van der Waals surface area contributed by atoms with E-state index in [0.717, 1.165) is 40.2 Å². The summed E-state index contributed by atoms with van der Waals surface area (Å²) >= 11 is 0. The third-order valence-corrected chi connectivity index (χ3v) is 6.35. The summed E-state index contributed by atoms with van der Waals surface area (Å²) in [7, 11) is 1.65. The molecule has 6 heteroatoms. The van der Waals surface area contributed by atoms with Gasteiger partial charge in [-0.1, -0.05) is 50.2 Å². The van der Waals surface area contributed by atoms with E-state index in [-0.39, 0.29) is 24.8 Å². The van der Waals surface area contributed by atoms with Gasteiger partial charge in [0.15, 0.2) is 0 Å². The summed E-state index contributed by atoms with van der Waals surface area (Å²) in [4.78, 5) is 25.0. The Bertz CT molecular complexity index is 1220. The third kappa shape index (κ3) is 7.84. The highest BCUT2D eigenvalue weighted by Crippen LogP contribution is 2.30. The molecule has 0 radical (unpaired) electrons. The first-order valence-electron chi connectivity index (χ1n) is 12.6. The van der Waals surface area contributed by atoms with Crippen molar-refractivity contribution >= 4 is 11.9 Å². The first kappa shape index (κ1) is 27.8. The Labute approximate surface area is 219 Å². The number of carboxylic acids is 1. The minimum absolute atomic E-state index is 0.0493. The summed E-state index contributed by atoms with van der Waals surface area (Å²) in [5.41, 5.74) is 5.13. The van der Waals surface area contributed by atoms with Crippen molar-refractivity contribution < 1.29 is 24.2 Å². The smallest absolute Gasteiger partial charge is 0.303 e. The number of aliphatic carboxylic acids is 1. The van der Waals surface area contributed by atoms with Gasteiger partial charge in [0, 0.05) is 12.0 Å². The van der Waals surface area contributed by atoms with Crippen LogP contribution in [0.15, 0.2) is 60.7 Å². The molecule has 196 valence electrons. The molecule has 3 rings (SSSR count). The number of amides is 1. The van der Waals surface area contributed by atoms with Crippen molar-refractivity contribution in [3.63, 3.8) is 0 Å². The zero-order valence-electron chi connectivity index (χ0n) is 22.3. The van der Waals surface area contributed by atoms with Gasteiger partial charge in [-0.3, -0.25) is 9.59 Å². The Balaban J connectivity index is 1.91. The van der Waals surface area contributed by atoms with Crippen LogP contribution in [-0.2, 0) is 17.8 Å². The molecule has 1 unspecified atom stereocenters. The average Bonchev–Trinajstić information content (AvgIpc) is 2.87. The molecule has 3 aromatic rings. The summed E-state index contributed by atoms with van der Waals surface area (Å²) in [5.74, 6) is 0.790. The number of carbonyl (C=O) groups is 2. The van der Waals surface area contributed by atoms with Gasteiger partial charge in [0.2, 0.25) is 0 Å². The molecule has 0 aliphatic carbocycles. The summed E-state index contributed by atoms with van der Waals surface area (Å²) < 4.78 is 11.4. The molecule has 0 aliphatic rings. The molecule has 3 aromatic carbocycles. The molecule has 6 nitrogen and oxygen atoms in total. The lowest BCUT2D eigenvalue weighted by Gasteiger charge is -2.25. The van der Waals surface area contributed by atoms with Gasteiger partial charge in [-0.05, 0) is 84.7 Å². The number of nitrogens with one attached hydrogen (secondary N) is 1. The van der Waals surface area contributed by atoms with Crippen LogP contribution >= 0.6 is 0 Å². The molecule has 1 atom stereocenters. The van der Waals surface area contributed by atoms with Crippen LogP contribution in [0.5, 0.6) is 11.5 Å². The Hall–Kier alpha value is -3.80. The molecular weight excluding hydrogens is 466 g/mol. The van der Waals surface area contributed by atoms with E-state index < -0.39 is 5.97 Å². The van der Waals surface area contributed by atoms with Crippen LogP contribution in [0.25, 0.3) is 0 Å². The van der Waals surface area contributed by atoms with E-state index in [0.29, 0.717) is 23.7 Å². The zero-order valence-corrected chi connectivity index (χ0v) is 22.3. The van der Waals surface area contributed by atoms with Crippen molar-refractivity contribution in [2.24, 2.45) is 5.92 Å². The fourth-order valence-corrected chi connectivity index (χ4v) is 4.45. The predicted octanol–water partition coefficient (Wildman–Crippen LogP) is 6.43. The van der Waals surface area contributed by atoms with Gasteiger partial charge in [0.25, 0.3) is 5.91 Å². The molecule has 37 heavy (non-hydrogen) atoms. The molecular formula is C31H37NO5. The highest BCUT2D eigenvalue weighted by atomic mass is 16.5. The summed E-state index contributed by atoms with van der Waals surface area (Å²) in [6, 6.07) is 18.9. The Kier molecular flexibility index (Phi) is 9.72. The number of aryl methyl sites for hydroxylation is 3. The lowest BCUT2D eigenvalue weighted by atomic mass is 9.91. The maximum atomic E-state index is 13.7. The van der Waals surface area contributed by atoms with Crippen LogP contribution in [0.1, 0.15) is 70.9 Å². The van der Waals surface area contributed by atoms with Gasteiger partial charge >= 0.3 is 5.97 Å². The van der Waals surface area contributed by atoms with Crippen molar-refractivity contribution in [2.45, 2.75) is 59.6 Å². The van der Waals surface area contributed by atoms with E-state index in [9.17, 15) is 14.7 Å². The van der Waals surface area contributed by atoms with Crippen LogP contribution < -0.4 is 14.8 Å². The van der Waals surface area contributed by atoms with Crippen LogP contribution in [-0.4, -0.2) is 24.1 Å². The highest BCUT2D eigenvalue weighted by Gasteiger charge is 2.22. The molecule has 0 spiro atoms. The van der Waals surface area contributed by atoms with E-state index in [1.165, 1.54) is 0 Å². The molecule has 0 fully saturated rings.